The van der Waals surface area contributed by atoms with Crippen molar-refractivity contribution in [1.29, 1.82) is 0 Å². The van der Waals surface area contributed by atoms with Crippen LogP contribution in [0, 0.1) is 0 Å². The number of ether oxygens (including phenoxy) is 2. The van der Waals surface area contributed by atoms with Crippen molar-refractivity contribution in [3.05, 3.63) is 17.7 Å². The van der Waals surface area contributed by atoms with E-state index in [0.29, 0.717) is 12.8 Å². The van der Waals surface area contributed by atoms with E-state index < -0.39 is 5.97 Å². The average molecular weight is 267 g/mol. The molecule has 0 radical (unpaired) electrons. The Bertz CT molecular complexity index is 443. The molecule has 1 rings (SSSR count). The zero-order valence-electron chi connectivity index (χ0n) is 11.9. The number of methoxy groups -OCH3 is 2. The van der Waals surface area contributed by atoms with Gasteiger partial charge in [0.2, 0.25) is 0 Å². The lowest BCUT2D eigenvalue weighted by molar-refractivity contribution is -0.137. The molecule has 1 aromatic rings. The molecule has 5 heteroatoms. The number of aryl methyl sites for hydroxylation is 1. The molecule has 0 spiro atoms. The van der Waals surface area contributed by atoms with Gasteiger partial charge < -0.3 is 19.5 Å². The van der Waals surface area contributed by atoms with Crippen molar-refractivity contribution in [1.82, 2.24) is 0 Å². The van der Waals surface area contributed by atoms with Gasteiger partial charge >= 0.3 is 5.97 Å². The van der Waals surface area contributed by atoms with E-state index in [-0.39, 0.29) is 6.42 Å². The second kappa shape index (κ2) is 6.87. The van der Waals surface area contributed by atoms with Gasteiger partial charge in [-0.3, -0.25) is 4.79 Å². The molecular formula is C14H21NO4. The number of rotatable bonds is 7. The highest BCUT2D eigenvalue weighted by molar-refractivity contribution is 5.67. The predicted octanol–water partition coefficient (Wildman–Crippen LogP) is 2.18. The molecular weight excluding hydrogens is 246 g/mol. The molecule has 0 amide bonds. The fourth-order valence-electron chi connectivity index (χ4n) is 1.92. The third kappa shape index (κ3) is 4.05. The fourth-order valence-corrected chi connectivity index (χ4v) is 1.92. The monoisotopic (exact) mass is 267 g/mol. The Balaban J connectivity index is 2.99. The van der Waals surface area contributed by atoms with E-state index in [1.54, 1.807) is 14.2 Å². The lowest BCUT2D eigenvalue weighted by Crippen LogP contribution is -2.11. The molecule has 0 aliphatic carbocycles. The van der Waals surface area contributed by atoms with Crippen molar-refractivity contribution in [3.63, 3.8) is 0 Å². The highest BCUT2D eigenvalue weighted by Gasteiger charge is 2.12. The summed E-state index contributed by atoms with van der Waals surface area (Å²) in [5.74, 6) is 0.738. The summed E-state index contributed by atoms with van der Waals surface area (Å²) in [6.07, 6.45) is 1.39. The molecule has 0 unspecified atom stereocenters. The zero-order chi connectivity index (χ0) is 14.4. The number of benzene rings is 1. The van der Waals surface area contributed by atoms with E-state index >= 15 is 0 Å². The molecule has 5 nitrogen and oxygen atoms in total. The van der Waals surface area contributed by atoms with Gasteiger partial charge in [0, 0.05) is 26.6 Å². The van der Waals surface area contributed by atoms with E-state index in [4.69, 9.17) is 14.6 Å². The summed E-state index contributed by atoms with van der Waals surface area (Å²) in [6, 6.07) is 3.82. The molecule has 0 aliphatic rings. The van der Waals surface area contributed by atoms with Gasteiger partial charge in [-0.2, -0.15) is 0 Å². The maximum atomic E-state index is 10.5. The summed E-state index contributed by atoms with van der Waals surface area (Å²) in [6.45, 7) is 0. The summed E-state index contributed by atoms with van der Waals surface area (Å²) in [4.78, 5) is 12.5. The number of aliphatic carboxylic acids is 1. The van der Waals surface area contributed by atoms with Gasteiger partial charge in [0.25, 0.3) is 0 Å². The average Bonchev–Trinajstić information content (AvgIpc) is 2.37. The maximum Gasteiger partial charge on any atom is 0.303 e. The van der Waals surface area contributed by atoms with Crippen LogP contribution in [-0.4, -0.2) is 39.4 Å². The molecule has 0 aliphatic heterocycles. The second-order valence-electron chi connectivity index (χ2n) is 4.48. The third-order valence-corrected chi connectivity index (χ3v) is 2.90. The summed E-state index contributed by atoms with van der Waals surface area (Å²) in [7, 11) is 7.10. The molecule has 0 fully saturated rings. The standard InChI is InChI=1S/C14H21NO4/c1-15(2)11-9-12(18-3)10(8-13(11)19-4)6-5-7-14(16)17/h8-9H,5-7H2,1-4H3,(H,16,17). The van der Waals surface area contributed by atoms with Crippen LogP contribution in [0.3, 0.4) is 0 Å². The van der Waals surface area contributed by atoms with E-state index in [1.165, 1.54) is 0 Å². The quantitative estimate of drug-likeness (QED) is 0.820. The van der Waals surface area contributed by atoms with Crippen LogP contribution in [0.5, 0.6) is 11.5 Å². The summed E-state index contributed by atoms with van der Waals surface area (Å²) in [5.41, 5.74) is 1.90. The first-order chi connectivity index (χ1) is 8.99. The van der Waals surface area contributed by atoms with Gasteiger partial charge in [-0.05, 0) is 24.5 Å². The van der Waals surface area contributed by atoms with Crippen LogP contribution in [0.2, 0.25) is 0 Å². The van der Waals surface area contributed by atoms with Crippen LogP contribution in [0.25, 0.3) is 0 Å². The summed E-state index contributed by atoms with van der Waals surface area (Å²) < 4.78 is 10.7. The van der Waals surface area contributed by atoms with Crippen LogP contribution in [0.4, 0.5) is 5.69 Å². The molecule has 0 atom stereocenters. The molecule has 0 heterocycles. The summed E-state index contributed by atoms with van der Waals surface area (Å²) in [5, 5.41) is 8.67. The Morgan fingerprint density at radius 1 is 1.21 bits per heavy atom. The zero-order valence-corrected chi connectivity index (χ0v) is 11.9. The van der Waals surface area contributed by atoms with E-state index in [2.05, 4.69) is 0 Å². The topological polar surface area (TPSA) is 59.0 Å². The van der Waals surface area contributed by atoms with Crippen molar-refractivity contribution in [2.24, 2.45) is 0 Å². The Morgan fingerprint density at radius 2 is 1.84 bits per heavy atom. The Kier molecular flexibility index (Phi) is 5.48. The Morgan fingerprint density at radius 3 is 2.32 bits per heavy atom. The molecule has 0 saturated carbocycles. The van der Waals surface area contributed by atoms with Crippen molar-refractivity contribution >= 4 is 11.7 Å². The number of anilines is 1. The van der Waals surface area contributed by atoms with Crippen LogP contribution < -0.4 is 14.4 Å². The van der Waals surface area contributed by atoms with Gasteiger partial charge in [0.05, 0.1) is 19.9 Å². The fraction of sp³-hybridized carbons (Fsp3) is 0.500. The van der Waals surface area contributed by atoms with Gasteiger partial charge in [-0.15, -0.1) is 0 Å². The van der Waals surface area contributed by atoms with Crippen LogP contribution in [0.1, 0.15) is 18.4 Å². The third-order valence-electron chi connectivity index (χ3n) is 2.90. The molecule has 0 bridgehead atoms. The highest BCUT2D eigenvalue weighted by Crippen LogP contribution is 2.35. The van der Waals surface area contributed by atoms with Crippen LogP contribution in [0.15, 0.2) is 12.1 Å². The number of carboxylic acids is 1. The lowest BCUT2D eigenvalue weighted by Gasteiger charge is -2.19. The van der Waals surface area contributed by atoms with Gasteiger partial charge in [-0.25, -0.2) is 0 Å². The largest absolute Gasteiger partial charge is 0.496 e. The van der Waals surface area contributed by atoms with Crippen LogP contribution in [-0.2, 0) is 11.2 Å². The molecule has 1 N–H and O–H groups in total. The molecule has 106 valence electrons. The lowest BCUT2D eigenvalue weighted by atomic mass is 10.1. The number of carbonyl (C=O) groups is 1. The van der Waals surface area contributed by atoms with Gasteiger partial charge in [-0.1, -0.05) is 0 Å². The minimum atomic E-state index is -0.782. The number of hydrogen-bond acceptors (Lipinski definition) is 4. The normalized spacial score (nSPS) is 10.1. The number of nitrogens with zero attached hydrogens (tertiary/aromatic N) is 1. The van der Waals surface area contributed by atoms with Crippen molar-refractivity contribution < 1.29 is 19.4 Å². The predicted molar refractivity (Wildman–Crippen MR) is 74.4 cm³/mol. The number of hydrogen-bond donors (Lipinski definition) is 1. The molecule has 19 heavy (non-hydrogen) atoms. The van der Waals surface area contributed by atoms with Crippen molar-refractivity contribution in [2.75, 3.05) is 33.2 Å². The highest BCUT2D eigenvalue weighted by atomic mass is 16.5. The van der Waals surface area contributed by atoms with Gasteiger partial charge in [0.1, 0.15) is 11.5 Å². The Hall–Kier alpha value is -1.91. The number of carboxylic acid groups (broad SMARTS) is 1. The molecule has 1 aromatic carbocycles. The Labute approximate surface area is 113 Å². The minimum absolute atomic E-state index is 0.154. The second-order valence-corrected chi connectivity index (χ2v) is 4.48. The van der Waals surface area contributed by atoms with Crippen molar-refractivity contribution in [2.45, 2.75) is 19.3 Å². The van der Waals surface area contributed by atoms with E-state index in [0.717, 1.165) is 22.7 Å². The maximum absolute atomic E-state index is 10.5. The SMILES string of the molecule is COc1cc(N(C)C)c(OC)cc1CCCC(=O)O. The van der Waals surface area contributed by atoms with Crippen LogP contribution >= 0.6 is 0 Å². The van der Waals surface area contributed by atoms with E-state index in [9.17, 15) is 4.79 Å². The smallest absolute Gasteiger partial charge is 0.303 e. The van der Waals surface area contributed by atoms with E-state index in [1.807, 2.05) is 31.1 Å². The minimum Gasteiger partial charge on any atom is -0.496 e. The molecule has 0 saturated heterocycles. The summed E-state index contributed by atoms with van der Waals surface area (Å²) >= 11 is 0. The molecule has 0 aromatic heterocycles. The van der Waals surface area contributed by atoms with Crippen molar-refractivity contribution in [3.8, 4) is 11.5 Å². The first kappa shape index (κ1) is 15.1. The first-order valence-corrected chi connectivity index (χ1v) is 6.13. The van der Waals surface area contributed by atoms with Gasteiger partial charge in [0.15, 0.2) is 0 Å². The first-order valence-electron chi connectivity index (χ1n) is 6.13.